The number of aryl methyl sites for hydroxylation is 3. The van der Waals surface area contributed by atoms with E-state index in [4.69, 9.17) is 14.5 Å². The molecule has 7 nitrogen and oxygen atoms in total. The average Bonchev–Trinajstić information content (AvgIpc) is 3.15. The van der Waals surface area contributed by atoms with Crippen LogP contribution in [0.25, 0.3) is 16.9 Å². The molecule has 1 aliphatic rings. The van der Waals surface area contributed by atoms with Crippen LogP contribution in [0.1, 0.15) is 29.7 Å². The molecule has 7 heteroatoms. The van der Waals surface area contributed by atoms with Gasteiger partial charge in [-0.2, -0.15) is 9.61 Å². The molecule has 0 aliphatic carbocycles. The number of nitrogens with one attached hydrogen (secondary N) is 1. The number of nitrogens with zero attached hydrogens (tertiary/aromatic N) is 4. The molecule has 26 heavy (non-hydrogen) atoms. The Morgan fingerprint density at radius 2 is 2.08 bits per heavy atom. The maximum atomic E-state index is 11.9. The van der Waals surface area contributed by atoms with Crippen molar-refractivity contribution in [2.24, 2.45) is 0 Å². The molecular formula is C19H23N5O2. The van der Waals surface area contributed by atoms with Crippen LogP contribution >= 0.6 is 0 Å². The summed E-state index contributed by atoms with van der Waals surface area (Å²) in [6, 6.07) is 3.98. The fourth-order valence-electron chi connectivity index (χ4n) is 3.71. The van der Waals surface area contributed by atoms with Gasteiger partial charge in [-0.25, -0.2) is 4.98 Å². The summed E-state index contributed by atoms with van der Waals surface area (Å²) in [7, 11) is 0. The van der Waals surface area contributed by atoms with E-state index in [1.165, 1.54) is 0 Å². The zero-order chi connectivity index (χ0) is 18.4. The van der Waals surface area contributed by atoms with Crippen molar-refractivity contribution in [3.8, 4) is 11.3 Å². The van der Waals surface area contributed by atoms with Crippen LogP contribution in [0.5, 0.6) is 0 Å². The lowest BCUT2D eigenvalue weighted by Gasteiger charge is -2.30. The molecule has 1 aliphatic heterocycles. The molecule has 0 saturated carbocycles. The van der Waals surface area contributed by atoms with Crippen molar-refractivity contribution >= 4 is 17.4 Å². The Morgan fingerprint density at radius 3 is 2.73 bits per heavy atom. The van der Waals surface area contributed by atoms with Crippen LogP contribution in [0.4, 0.5) is 5.82 Å². The molecular weight excluding hydrogens is 330 g/mol. The number of carbonyl (C=O) groups is 1. The van der Waals surface area contributed by atoms with E-state index in [-0.39, 0.29) is 5.91 Å². The first-order valence-electron chi connectivity index (χ1n) is 8.96. The Balaban J connectivity index is 1.93. The van der Waals surface area contributed by atoms with Crippen LogP contribution in [-0.2, 0) is 11.2 Å². The highest BCUT2D eigenvalue weighted by Gasteiger charge is 2.24. The minimum Gasteiger partial charge on any atom is -0.466 e. The third-order valence-corrected chi connectivity index (χ3v) is 4.89. The number of piperazine rings is 1. The number of amides is 1. The van der Waals surface area contributed by atoms with Crippen molar-refractivity contribution in [1.82, 2.24) is 19.9 Å². The Labute approximate surface area is 152 Å². The number of aromatic nitrogens is 3. The third kappa shape index (κ3) is 2.64. The molecule has 0 aromatic carbocycles. The molecule has 0 spiro atoms. The van der Waals surface area contributed by atoms with Crippen molar-refractivity contribution < 1.29 is 9.21 Å². The maximum Gasteiger partial charge on any atom is 0.239 e. The smallest absolute Gasteiger partial charge is 0.239 e. The van der Waals surface area contributed by atoms with Crippen LogP contribution < -0.4 is 10.2 Å². The van der Waals surface area contributed by atoms with Crippen LogP contribution in [0.3, 0.4) is 0 Å². The zero-order valence-corrected chi connectivity index (χ0v) is 15.6. The molecule has 0 atom stereocenters. The molecule has 0 unspecified atom stereocenters. The van der Waals surface area contributed by atoms with Crippen LogP contribution in [0.2, 0.25) is 0 Å². The van der Waals surface area contributed by atoms with Gasteiger partial charge in [-0.3, -0.25) is 4.79 Å². The molecule has 1 N–H and O–H groups in total. The first kappa shape index (κ1) is 16.6. The topological polar surface area (TPSA) is 75.7 Å². The number of furan rings is 1. The van der Waals surface area contributed by atoms with E-state index in [2.05, 4.69) is 17.1 Å². The SMILES string of the molecule is CCc1c(C)nc2cc(-c3cc(C)oc3C)nn2c1N1CCNC(=O)C1. The van der Waals surface area contributed by atoms with Gasteiger partial charge < -0.3 is 14.6 Å². The van der Waals surface area contributed by atoms with Gasteiger partial charge in [0, 0.05) is 36.0 Å². The highest BCUT2D eigenvalue weighted by Crippen LogP contribution is 2.30. The van der Waals surface area contributed by atoms with Crippen LogP contribution in [0, 0.1) is 20.8 Å². The van der Waals surface area contributed by atoms with E-state index in [1.54, 1.807) is 0 Å². The summed E-state index contributed by atoms with van der Waals surface area (Å²) in [6.45, 7) is 9.74. The van der Waals surface area contributed by atoms with Crippen molar-refractivity contribution in [2.45, 2.75) is 34.1 Å². The number of hydrogen-bond acceptors (Lipinski definition) is 5. The fourth-order valence-corrected chi connectivity index (χ4v) is 3.71. The summed E-state index contributed by atoms with van der Waals surface area (Å²) >= 11 is 0. The molecule has 3 aromatic heterocycles. The van der Waals surface area contributed by atoms with Gasteiger partial charge in [0.05, 0.1) is 12.2 Å². The van der Waals surface area contributed by atoms with Gasteiger partial charge in [0.25, 0.3) is 0 Å². The quantitative estimate of drug-likeness (QED) is 0.783. The van der Waals surface area contributed by atoms with Gasteiger partial charge in [0.15, 0.2) is 5.65 Å². The Hall–Kier alpha value is -2.83. The standard InChI is InChI=1S/C19H23N5O2/c1-5-14-12(3)21-17-9-16(15-8-11(2)26-13(15)4)22-24(17)19(14)23-7-6-20-18(25)10-23/h8-9H,5-7,10H2,1-4H3,(H,20,25). The van der Waals surface area contributed by atoms with Crippen LogP contribution in [-0.4, -0.2) is 40.1 Å². The van der Waals surface area contributed by atoms with Gasteiger partial charge in [-0.15, -0.1) is 0 Å². The third-order valence-electron chi connectivity index (χ3n) is 4.89. The van der Waals surface area contributed by atoms with E-state index < -0.39 is 0 Å². The molecule has 4 rings (SSSR count). The maximum absolute atomic E-state index is 11.9. The number of rotatable bonds is 3. The van der Waals surface area contributed by atoms with Gasteiger partial charge in [-0.1, -0.05) is 6.92 Å². The molecule has 4 heterocycles. The predicted molar refractivity (Wildman–Crippen MR) is 99.5 cm³/mol. The lowest BCUT2D eigenvalue weighted by molar-refractivity contribution is -0.120. The van der Waals surface area contributed by atoms with Crippen molar-refractivity contribution in [1.29, 1.82) is 0 Å². The molecule has 3 aromatic rings. The normalized spacial score (nSPS) is 14.9. The number of carbonyl (C=O) groups excluding carboxylic acids is 1. The van der Waals surface area contributed by atoms with Gasteiger partial charge in [0.1, 0.15) is 17.3 Å². The minimum absolute atomic E-state index is 0.0367. The highest BCUT2D eigenvalue weighted by molar-refractivity contribution is 5.83. The lowest BCUT2D eigenvalue weighted by Crippen LogP contribution is -2.48. The molecule has 1 amide bonds. The number of fused-ring (bicyclic) bond motifs is 1. The average molecular weight is 353 g/mol. The summed E-state index contributed by atoms with van der Waals surface area (Å²) in [5, 5.41) is 7.71. The van der Waals surface area contributed by atoms with Gasteiger partial charge >= 0.3 is 0 Å². The summed E-state index contributed by atoms with van der Waals surface area (Å²) in [4.78, 5) is 18.8. The molecule has 1 fully saturated rings. The summed E-state index contributed by atoms with van der Waals surface area (Å²) in [5.41, 5.74) is 4.71. The van der Waals surface area contributed by atoms with Gasteiger partial charge in [-0.05, 0) is 33.3 Å². The van der Waals surface area contributed by atoms with E-state index in [0.717, 1.165) is 58.5 Å². The predicted octanol–water partition coefficient (Wildman–Crippen LogP) is 2.41. The zero-order valence-electron chi connectivity index (χ0n) is 15.6. The molecule has 136 valence electrons. The Morgan fingerprint density at radius 1 is 1.27 bits per heavy atom. The Bertz CT molecular complexity index is 1000. The molecule has 0 bridgehead atoms. The van der Waals surface area contributed by atoms with E-state index in [9.17, 15) is 4.79 Å². The summed E-state index contributed by atoms with van der Waals surface area (Å²) in [6.07, 6.45) is 0.835. The van der Waals surface area contributed by atoms with Crippen molar-refractivity contribution in [3.63, 3.8) is 0 Å². The second kappa shape index (κ2) is 6.16. The largest absolute Gasteiger partial charge is 0.466 e. The molecule has 1 saturated heterocycles. The van der Waals surface area contributed by atoms with E-state index >= 15 is 0 Å². The highest BCUT2D eigenvalue weighted by atomic mass is 16.3. The van der Waals surface area contributed by atoms with E-state index in [1.807, 2.05) is 37.4 Å². The monoisotopic (exact) mass is 353 g/mol. The first-order chi connectivity index (χ1) is 12.5. The van der Waals surface area contributed by atoms with Crippen molar-refractivity contribution in [3.05, 3.63) is 34.9 Å². The van der Waals surface area contributed by atoms with E-state index in [0.29, 0.717) is 13.1 Å². The summed E-state index contributed by atoms with van der Waals surface area (Å²) in [5.74, 6) is 2.71. The van der Waals surface area contributed by atoms with Crippen molar-refractivity contribution in [2.75, 3.05) is 24.5 Å². The minimum atomic E-state index is 0.0367. The molecule has 0 radical (unpaired) electrons. The second-order valence-corrected chi connectivity index (χ2v) is 6.75. The van der Waals surface area contributed by atoms with Gasteiger partial charge in [0.2, 0.25) is 5.91 Å². The summed E-state index contributed by atoms with van der Waals surface area (Å²) < 4.78 is 7.54. The fraction of sp³-hybridized carbons (Fsp3) is 0.421. The number of anilines is 1. The van der Waals surface area contributed by atoms with Crippen LogP contribution in [0.15, 0.2) is 16.5 Å². The number of hydrogen-bond donors (Lipinski definition) is 1. The lowest BCUT2D eigenvalue weighted by atomic mass is 10.1. The first-order valence-corrected chi connectivity index (χ1v) is 8.96. The Kier molecular flexibility index (Phi) is 3.94. The second-order valence-electron chi connectivity index (χ2n) is 6.75.